The second kappa shape index (κ2) is 17.4. The molecule has 0 unspecified atom stereocenters. The number of benzene rings is 10. The summed E-state index contributed by atoms with van der Waals surface area (Å²) in [6.45, 7) is 0. The minimum Gasteiger partial charge on any atom is -0.311 e. The summed E-state index contributed by atoms with van der Waals surface area (Å²) in [5.74, 6) is 0. The highest BCUT2D eigenvalue weighted by Gasteiger charge is 2.41. The van der Waals surface area contributed by atoms with E-state index in [2.05, 4.69) is 278 Å². The quantitative estimate of drug-likeness (QED) is 0.0929. The lowest BCUT2D eigenvalue weighted by Crippen LogP contribution is -2.74. The fourth-order valence-electron chi connectivity index (χ4n) is 9.06. The lowest BCUT2D eigenvalue weighted by molar-refractivity contribution is 1.28. The second-order valence-electron chi connectivity index (χ2n) is 15.7. The number of rotatable bonds is 11. The van der Waals surface area contributed by atoms with Crippen molar-refractivity contribution in [2.24, 2.45) is 0 Å². The van der Waals surface area contributed by atoms with E-state index in [1.54, 1.807) is 0 Å². The Bertz CT molecular complexity index is 2890. The standard InChI is InChI=1S/C60H45NSi/c1-6-18-46(19-7-1)47-30-38-52(39-31-47)61(54-42-34-51(35-43-54)60-29-17-16-28-59(60)50-20-8-2-9-21-50)53-40-32-48(33-41-53)49-36-44-58(45-37-49)62(55-22-10-3-11-23-55,56-24-12-4-13-25-56)57-26-14-5-15-27-57/h1-45H. The number of nitrogens with zero attached hydrogens (tertiary/aromatic N) is 1. The van der Waals surface area contributed by atoms with Crippen molar-refractivity contribution in [2.45, 2.75) is 0 Å². The lowest BCUT2D eigenvalue weighted by Gasteiger charge is -2.34. The molecule has 1 nitrogen and oxygen atoms in total. The molecule has 0 aliphatic heterocycles. The van der Waals surface area contributed by atoms with Crippen molar-refractivity contribution < 1.29 is 0 Å². The van der Waals surface area contributed by atoms with Crippen LogP contribution in [0.5, 0.6) is 0 Å². The number of hydrogen-bond acceptors (Lipinski definition) is 1. The van der Waals surface area contributed by atoms with E-state index in [0.717, 1.165) is 17.1 Å². The van der Waals surface area contributed by atoms with Crippen molar-refractivity contribution in [1.82, 2.24) is 0 Å². The molecule has 0 atom stereocenters. The van der Waals surface area contributed by atoms with Crippen LogP contribution in [-0.2, 0) is 0 Å². The first-order chi connectivity index (χ1) is 30.8. The molecule has 0 heterocycles. The van der Waals surface area contributed by atoms with Gasteiger partial charge in [0.15, 0.2) is 8.07 Å². The van der Waals surface area contributed by atoms with E-state index in [1.165, 1.54) is 65.3 Å². The van der Waals surface area contributed by atoms with Crippen molar-refractivity contribution in [2.75, 3.05) is 4.90 Å². The van der Waals surface area contributed by atoms with Crippen molar-refractivity contribution >= 4 is 45.9 Å². The molecule has 0 N–H and O–H groups in total. The summed E-state index contributed by atoms with van der Waals surface area (Å²) in [4.78, 5) is 2.36. The predicted octanol–water partition coefficient (Wildman–Crippen LogP) is 13.2. The fourth-order valence-corrected chi connectivity index (χ4v) is 13.8. The molecule has 294 valence electrons. The smallest absolute Gasteiger partial charge is 0.179 e. The van der Waals surface area contributed by atoms with Crippen LogP contribution in [0, 0.1) is 0 Å². The molecule has 0 amide bonds. The van der Waals surface area contributed by atoms with Crippen molar-refractivity contribution in [1.29, 1.82) is 0 Å². The normalized spacial score (nSPS) is 11.2. The Morgan fingerprint density at radius 2 is 0.435 bits per heavy atom. The van der Waals surface area contributed by atoms with E-state index in [4.69, 9.17) is 0 Å². The average Bonchev–Trinajstić information content (AvgIpc) is 3.37. The zero-order valence-corrected chi connectivity index (χ0v) is 35.4. The van der Waals surface area contributed by atoms with E-state index >= 15 is 0 Å². The van der Waals surface area contributed by atoms with Gasteiger partial charge < -0.3 is 4.90 Å². The molecule has 0 fully saturated rings. The van der Waals surface area contributed by atoms with Gasteiger partial charge in [0, 0.05) is 17.1 Å². The van der Waals surface area contributed by atoms with Gasteiger partial charge in [-0.25, -0.2) is 0 Å². The highest BCUT2D eigenvalue weighted by atomic mass is 28.3. The molecule has 0 spiro atoms. The fraction of sp³-hybridized carbons (Fsp3) is 0. The van der Waals surface area contributed by atoms with Crippen LogP contribution >= 0.6 is 0 Å². The van der Waals surface area contributed by atoms with Crippen LogP contribution in [0.25, 0.3) is 44.5 Å². The summed E-state index contributed by atoms with van der Waals surface area (Å²) in [5.41, 5.74) is 12.9. The van der Waals surface area contributed by atoms with Crippen LogP contribution in [0.15, 0.2) is 273 Å². The van der Waals surface area contributed by atoms with E-state index < -0.39 is 8.07 Å². The molecule has 10 rings (SSSR count). The van der Waals surface area contributed by atoms with Gasteiger partial charge in [0.25, 0.3) is 0 Å². The van der Waals surface area contributed by atoms with Gasteiger partial charge in [0.05, 0.1) is 0 Å². The number of hydrogen-bond donors (Lipinski definition) is 0. The van der Waals surface area contributed by atoms with Crippen LogP contribution in [0.1, 0.15) is 0 Å². The van der Waals surface area contributed by atoms with E-state index in [9.17, 15) is 0 Å². The second-order valence-corrected chi connectivity index (χ2v) is 19.5. The molecule has 0 saturated carbocycles. The van der Waals surface area contributed by atoms with Crippen molar-refractivity contribution in [3.05, 3.63) is 273 Å². The summed E-state index contributed by atoms with van der Waals surface area (Å²) < 4.78 is 0. The molecule has 0 aliphatic rings. The molecule has 0 aromatic heterocycles. The highest BCUT2D eigenvalue weighted by molar-refractivity contribution is 7.19. The maximum atomic E-state index is 2.38. The maximum absolute atomic E-state index is 2.60. The summed E-state index contributed by atoms with van der Waals surface area (Å²) in [7, 11) is -2.60. The average molecular weight is 808 g/mol. The Hall–Kier alpha value is -7.78. The van der Waals surface area contributed by atoms with Gasteiger partial charge in [-0.2, -0.15) is 0 Å². The molecule has 10 aromatic carbocycles. The topological polar surface area (TPSA) is 3.24 Å². The molecule has 2 heteroatoms. The summed E-state index contributed by atoms with van der Waals surface area (Å²) >= 11 is 0. The van der Waals surface area contributed by atoms with Crippen LogP contribution in [0.2, 0.25) is 0 Å². The molecule has 0 aliphatic carbocycles. The maximum Gasteiger partial charge on any atom is 0.179 e. The number of anilines is 3. The van der Waals surface area contributed by atoms with E-state index in [0.29, 0.717) is 0 Å². The Balaban J connectivity index is 1.01. The zero-order chi connectivity index (χ0) is 41.6. The van der Waals surface area contributed by atoms with Crippen molar-refractivity contribution in [3.8, 4) is 44.5 Å². The largest absolute Gasteiger partial charge is 0.311 e. The van der Waals surface area contributed by atoms with Gasteiger partial charge >= 0.3 is 0 Å². The van der Waals surface area contributed by atoms with Crippen molar-refractivity contribution in [3.63, 3.8) is 0 Å². The minimum atomic E-state index is -2.60. The Morgan fingerprint density at radius 3 is 0.806 bits per heavy atom. The highest BCUT2D eigenvalue weighted by Crippen LogP contribution is 2.39. The molecular formula is C60H45NSi. The third kappa shape index (κ3) is 7.49. The van der Waals surface area contributed by atoms with Gasteiger partial charge in [-0.05, 0) is 102 Å². The Kier molecular flexibility index (Phi) is 10.8. The van der Waals surface area contributed by atoms with Gasteiger partial charge in [-0.1, -0.05) is 237 Å². The van der Waals surface area contributed by atoms with Gasteiger partial charge in [-0.15, -0.1) is 0 Å². The zero-order valence-electron chi connectivity index (χ0n) is 34.4. The van der Waals surface area contributed by atoms with Crippen LogP contribution in [-0.4, -0.2) is 8.07 Å². The summed E-state index contributed by atoms with van der Waals surface area (Å²) in [6.07, 6.45) is 0. The first kappa shape index (κ1) is 38.4. The van der Waals surface area contributed by atoms with Gasteiger partial charge in [-0.3, -0.25) is 0 Å². The summed E-state index contributed by atoms with van der Waals surface area (Å²) in [6, 6.07) is 99.5. The molecule has 0 bridgehead atoms. The third-order valence-corrected chi connectivity index (χ3v) is 16.9. The molecule has 0 saturated heterocycles. The first-order valence-electron chi connectivity index (χ1n) is 21.3. The third-order valence-electron chi connectivity index (χ3n) is 12.1. The minimum absolute atomic E-state index is 1.10. The SMILES string of the molecule is c1ccc(-c2ccc(N(c3ccc(-c4ccc([Si](c5ccccc5)(c5ccccc5)c5ccccc5)cc4)cc3)c3ccc(-c4ccccc4-c4ccccc4)cc3)cc2)cc1. The first-order valence-corrected chi connectivity index (χ1v) is 23.3. The van der Waals surface area contributed by atoms with Crippen LogP contribution < -0.4 is 25.6 Å². The summed E-state index contributed by atoms with van der Waals surface area (Å²) in [5, 5.41) is 5.49. The molecular weight excluding hydrogens is 763 g/mol. The van der Waals surface area contributed by atoms with Crippen LogP contribution in [0.3, 0.4) is 0 Å². The Morgan fingerprint density at radius 1 is 0.194 bits per heavy atom. The molecule has 62 heavy (non-hydrogen) atoms. The van der Waals surface area contributed by atoms with E-state index in [1.807, 2.05) is 0 Å². The molecule has 0 radical (unpaired) electrons. The monoisotopic (exact) mass is 807 g/mol. The van der Waals surface area contributed by atoms with E-state index in [-0.39, 0.29) is 0 Å². The Labute approximate surface area is 366 Å². The lowest BCUT2D eigenvalue weighted by atomic mass is 9.94. The van der Waals surface area contributed by atoms with Crippen LogP contribution in [0.4, 0.5) is 17.1 Å². The molecule has 10 aromatic rings. The van der Waals surface area contributed by atoms with Gasteiger partial charge in [0.2, 0.25) is 0 Å². The van der Waals surface area contributed by atoms with Gasteiger partial charge in [0.1, 0.15) is 0 Å². The predicted molar refractivity (Wildman–Crippen MR) is 266 cm³/mol.